The fourth-order valence-electron chi connectivity index (χ4n) is 0.866. The Balaban J connectivity index is 2.81. The zero-order valence-electron chi connectivity index (χ0n) is 7.77. The molecular weight excluding hydrogens is 204 g/mol. The highest BCUT2D eigenvalue weighted by atomic mass is 35.5. The molecule has 0 bridgehead atoms. The summed E-state index contributed by atoms with van der Waals surface area (Å²) in [6, 6.07) is 1.64. The van der Waals surface area contributed by atoms with Crippen molar-refractivity contribution in [1.82, 2.24) is 9.97 Å². The van der Waals surface area contributed by atoms with Crippen LogP contribution in [0, 0.1) is 0 Å². The predicted octanol–water partition coefficient (Wildman–Crippen LogP) is 1.63. The van der Waals surface area contributed by atoms with Gasteiger partial charge in [0.2, 0.25) is 5.28 Å². The monoisotopic (exact) mass is 214 g/mol. The van der Waals surface area contributed by atoms with Crippen molar-refractivity contribution < 1.29 is 9.84 Å². The van der Waals surface area contributed by atoms with Crippen molar-refractivity contribution in [1.29, 1.82) is 0 Å². The molecule has 1 aromatic rings. The van der Waals surface area contributed by atoms with Gasteiger partial charge in [0.15, 0.2) is 0 Å². The second-order valence-corrected chi connectivity index (χ2v) is 2.81. The first kappa shape index (κ1) is 10.9. The van der Waals surface area contributed by atoms with Crippen molar-refractivity contribution in [3.8, 4) is 0 Å². The van der Waals surface area contributed by atoms with Crippen molar-refractivity contribution in [3.63, 3.8) is 0 Å². The Hall–Kier alpha value is -1.13. The molecule has 0 unspecified atom stereocenters. The van der Waals surface area contributed by atoms with E-state index < -0.39 is 0 Å². The number of aliphatic hydroxyl groups is 1. The standard InChI is InChI=1S/C9H11ClN2O2/c1-2-14-4-3-7-5-8(6-13)12-9(10)11-7/h3-5,13H,2,6H2,1H3. The number of hydrogen-bond donors (Lipinski definition) is 1. The molecule has 5 heteroatoms. The molecule has 0 radical (unpaired) electrons. The van der Waals surface area contributed by atoms with Crippen molar-refractivity contribution in [2.24, 2.45) is 0 Å². The quantitative estimate of drug-likeness (QED) is 0.612. The lowest BCUT2D eigenvalue weighted by Gasteiger charge is -1.98. The lowest BCUT2D eigenvalue weighted by atomic mass is 10.3. The third kappa shape index (κ3) is 3.32. The summed E-state index contributed by atoms with van der Waals surface area (Å²) in [7, 11) is 0. The van der Waals surface area contributed by atoms with Crippen LogP contribution >= 0.6 is 11.6 Å². The number of halogens is 1. The summed E-state index contributed by atoms with van der Waals surface area (Å²) >= 11 is 5.63. The highest BCUT2D eigenvalue weighted by molar-refractivity contribution is 6.28. The summed E-state index contributed by atoms with van der Waals surface area (Å²) in [5, 5.41) is 8.97. The Labute approximate surface area is 87.2 Å². The Morgan fingerprint density at radius 3 is 3.00 bits per heavy atom. The first-order valence-corrected chi connectivity index (χ1v) is 4.56. The maximum Gasteiger partial charge on any atom is 0.223 e. The van der Waals surface area contributed by atoms with Gasteiger partial charge in [0, 0.05) is 0 Å². The van der Waals surface area contributed by atoms with Crippen LogP contribution in [0.15, 0.2) is 12.3 Å². The summed E-state index contributed by atoms with van der Waals surface area (Å²) in [6.45, 7) is 2.33. The third-order valence-electron chi connectivity index (χ3n) is 1.44. The molecule has 1 N–H and O–H groups in total. The summed E-state index contributed by atoms with van der Waals surface area (Å²) in [5.74, 6) is 0. The smallest absolute Gasteiger partial charge is 0.223 e. The minimum atomic E-state index is -0.155. The molecule has 0 saturated heterocycles. The van der Waals surface area contributed by atoms with Crippen molar-refractivity contribution in [2.45, 2.75) is 13.5 Å². The molecule has 0 fully saturated rings. The molecule has 0 aliphatic rings. The largest absolute Gasteiger partial charge is 0.501 e. The van der Waals surface area contributed by atoms with E-state index >= 15 is 0 Å². The van der Waals surface area contributed by atoms with Gasteiger partial charge in [-0.25, -0.2) is 9.97 Å². The van der Waals surface area contributed by atoms with E-state index in [9.17, 15) is 0 Å². The highest BCUT2D eigenvalue weighted by Gasteiger charge is 1.99. The predicted molar refractivity (Wildman–Crippen MR) is 53.6 cm³/mol. The summed E-state index contributed by atoms with van der Waals surface area (Å²) in [5.41, 5.74) is 1.10. The molecular formula is C9H11ClN2O2. The van der Waals surface area contributed by atoms with Crippen LogP contribution < -0.4 is 0 Å². The highest BCUT2D eigenvalue weighted by Crippen LogP contribution is 2.07. The van der Waals surface area contributed by atoms with Gasteiger partial charge >= 0.3 is 0 Å². The summed E-state index contributed by atoms with van der Waals surface area (Å²) in [6.07, 6.45) is 3.19. The van der Waals surface area contributed by atoms with Gasteiger partial charge in [0.05, 0.1) is 30.9 Å². The second-order valence-electron chi connectivity index (χ2n) is 2.47. The van der Waals surface area contributed by atoms with Crippen molar-refractivity contribution in [3.05, 3.63) is 29.0 Å². The van der Waals surface area contributed by atoms with Crippen LogP contribution in [-0.4, -0.2) is 21.7 Å². The molecule has 1 aromatic heterocycles. The lowest BCUT2D eigenvalue weighted by Crippen LogP contribution is -1.94. The summed E-state index contributed by atoms with van der Waals surface area (Å²) < 4.78 is 5.00. The Morgan fingerprint density at radius 1 is 1.57 bits per heavy atom. The minimum absolute atomic E-state index is 0.118. The van der Waals surface area contributed by atoms with E-state index in [2.05, 4.69) is 9.97 Å². The number of hydrogen-bond acceptors (Lipinski definition) is 4. The summed E-state index contributed by atoms with van der Waals surface area (Å²) in [4.78, 5) is 7.74. The first-order valence-electron chi connectivity index (χ1n) is 4.18. The van der Waals surface area contributed by atoms with Crippen molar-refractivity contribution in [2.75, 3.05) is 6.61 Å². The molecule has 4 nitrogen and oxygen atoms in total. The molecule has 0 amide bonds. The van der Waals surface area contributed by atoms with E-state index in [4.69, 9.17) is 21.4 Å². The number of ether oxygens (including phenoxy) is 1. The van der Waals surface area contributed by atoms with Crippen LogP contribution in [0.25, 0.3) is 6.08 Å². The normalized spacial score (nSPS) is 10.8. The molecule has 0 saturated carbocycles. The van der Waals surface area contributed by atoms with Crippen LogP contribution in [0.4, 0.5) is 0 Å². The first-order chi connectivity index (χ1) is 6.76. The van der Waals surface area contributed by atoms with Gasteiger partial charge in [-0.15, -0.1) is 0 Å². The lowest BCUT2D eigenvalue weighted by molar-refractivity contribution is 0.271. The fourth-order valence-corrected chi connectivity index (χ4v) is 1.07. The van der Waals surface area contributed by atoms with Gasteiger partial charge in [-0.1, -0.05) is 0 Å². The number of nitrogens with zero attached hydrogens (tertiary/aromatic N) is 2. The Morgan fingerprint density at radius 2 is 2.36 bits per heavy atom. The Bertz CT molecular complexity index is 329. The molecule has 0 aromatic carbocycles. The van der Waals surface area contributed by atoms with Crippen LogP contribution in [0.2, 0.25) is 5.28 Å². The van der Waals surface area contributed by atoms with Gasteiger partial charge in [0.1, 0.15) is 0 Å². The van der Waals surface area contributed by atoms with Crippen LogP contribution in [0.3, 0.4) is 0 Å². The van der Waals surface area contributed by atoms with E-state index in [0.29, 0.717) is 18.0 Å². The molecule has 14 heavy (non-hydrogen) atoms. The van der Waals surface area contributed by atoms with E-state index in [1.807, 2.05) is 6.92 Å². The van der Waals surface area contributed by atoms with Gasteiger partial charge in [-0.3, -0.25) is 0 Å². The maximum absolute atomic E-state index is 8.85. The SMILES string of the molecule is CCOC=Cc1cc(CO)nc(Cl)n1. The maximum atomic E-state index is 8.85. The molecule has 1 rings (SSSR count). The third-order valence-corrected chi connectivity index (χ3v) is 1.60. The van der Waals surface area contributed by atoms with Gasteiger partial charge in [-0.05, 0) is 30.7 Å². The zero-order chi connectivity index (χ0) is 10.4. The average molecular weight is 215 g/mol. The van der Waals surface area contributed by atoms with E-state index in [-0.39, 0.29) is 11.9 Å². The minimum Gasteiger partial charge on any atom is -0.501 e. The average Bonchev–Trinajstić information content (AvgIpc) is 2.17. The van der Waals surface area contributed by atoms with E-state index in [1.165, 1.54) is 6.26 Å². The number of rotatable bonds is 4. The zero-order valence-corrected chi connectivity index (χ0v) is 8.53. The van der Waals surface area contributed by atoms with Gasteiger partial charge in [-0.2, -0.15) is 0 Å². The Kier molecular flexibility index (Phi) is 4.35. The molecule has 76 valence electrons. The molecule has 1 heterocycles. The van der Waals surface area contributed by atoms with E-state index in [1.54, 1.807) is 12.1 Å². The molecule has 0 atom stereocenters. The van der Waals surface area contributed by atoms with Gasteiger partial charge in [0.25, 0.3) is 0 Å². The van der Waals surface area contributed by atoms with Crippen molar-refractivity contribution >= 4 is 17.7 Å². The molecule has 0 aliphatic carbocycles. The van der Waals surface area contributed by atoms with Crippen LogP contribution in [0.5, 0.6) is 0 Å². The van der Waals surface area contributed by atoms with E-state index in [0.717, 1.165) is 0 Å². The molecule has 0 spiro atoms. The fraction of sp³-hybridized carbons (Fsp3) is 0.333. The van der Waals surface area contributed by atoms with Crippen LogP contribution in [0.1, 0.15) is 18.3 Å². The number of aromatic nitrogens is 2. The van der Waals surface area contributed by atoms with Gasteiger partial charge < -0.3 is 9.84 Å². The topological polar surface area (TPSA) is 55.2 Å². The molecule has 0 aliphatic heterocycles. The number of aliphatic hydroxyl groups excluding tert-OH is 1. The van der Waals surface area contributed by atoms with Crippen LogP contribution in [-0.2, 0) is 11.3 Å². The second kappa shape index (κ2) is 5.57.